The van der Waals surface area contributed by atoms with Crippen LogP contribution in [-0.2, 0) is 17.9 Å². The average Bonchev–Trinajstić information content (AvgIpc) is 3.40. The van der Waals surface area contributed by atoms with Crippen molar-refractivity contribution in [1.82, 2.24) is 25.1 Å². The Labute approximate surface area is 167 Å². The van der Waals surface area contributed by atoms with Gasteiger partial charge in [-0.25, -0.2) is 4.68 Å². The average molecular weight is 389 g/mol. The second kappa shape index (κ2) is 7.14. The van der Waals surface area contributed by atoms with E-state index in [-0.39, 0.29) is 6.10 Å². The molecular formula is C21H19N5O3. The molecule has 0 unspecified atom stereocenters. The summed E-state index contributed by atoms with van der Waals surface area (Å²) in [6.07, 6.45) is -0.104. The molecule has 1 atom stereocenters. The molecule has 0 fully saturated rings. The molecule has 29 heavy (non-hydrogen) atoms. The normalized spacial score (nSPS) is 15.9. The summed E-state index contributed by atoms with van der Waals surface area (Å²) in [7, 11) is 1.65. The molecule has 0 saturated heterocycles. The van der Waals surface area contributed by atoms with Gasteiger partial charge in [-0.2, -0.15) is 4.98 Å². The Bertz CT molecular complexity index is 1150. The zero-order chi connectivity index (χ0) is 19.8. The molecule has 1 aliphatic rings. The quantitative estimate of drug-likeness (QED) is 0.527. The van der Waals surface area contributed by atoms with Gasteiger partial charge in [0.2, 0.25) is 5.82 Å². The van der Waals surface area contributed by atoms with Crippen LogP contribution < -0.4 is 4.74 Å². The van der Waals surface area contributed by atoms with Gasteiger partial charge in [-0.3, -0.25) is 0 Å². The highest BCUT2D eigenvalue weighted by Gasteiger charge is 2.28. The lowest BCUT2D eigenvalue weighted by molar-refractivity contribution is -0.00119. The van der Waals surface area contributed by atoms with Crippen LogP contribution in [0.3, 0.4) is 0 Å². The summed E-state index contributed by atoms with van der Waals surface area (Å²) in [6.45, 7) is 2.94. The molecule has 1 aliphatic heterocycles. The zero-order valence-electron chi connectivity index (χ0n) is 16.1. The molecule has 146 valence electrons. The Balaban J connectivity index is 1.40. The first-order valence-corrected chi connectivity index (χ1v) is 9.31. The van der Waals surface area contributed by atoms with Crippen LogP contribution in [0.4, 0.5) is 0 Å². The summed E-state index contributed by atoms with van der Waals surface area (Å²) in [5.41, 5.74) is 4.46. The minimum Gasteiger partial charge on any atom is -0.497 e. The standard InChI is InChI=1S/C21H19N5O3/c1-13-5-3-4-6-16(13)20-22-21(29-24-20)19-17-12-28-18(11-26(17)25-23-19)14-7-9-15(27-2)10-8-14/h3-10,18H,11-12H2,1-2H3/t18-/m0/s1. The fraction of sp³-hybridized carbons (Fsp3) is 0.238. The van der Waals surface area contributed by atoms with Gasteiger partial charge in [-0.15, -0.1) is 5.10 Å². The fourth-order valence-electron chi connectivity index (χ4n) is 3.45. The van der Waals surface area contributed by atoms with Crippen LogP contribution in [0.15, 0.2) is 53.1 Å². The molecule has 2 aromatic carbocycles. The van der Waals surface area contributed by atoms with Crippen molar-refractivity contribution < 1.29 is 14.0 Å². The lowest BCUT2D eigenvalue weighted by atomic mass is 10.1. The van der Waals surface area contributed by atoms with E-state index in [9.17, 15) is 0 Å². The molecule has 0 radical (unpaired) electrons. The molecule has 4 aromatic rings. The van der Waals surface area contributed by atoms with Gasteiger partial charge >= 0.3 is 0 Å². The number of fused-ring (bicyclic) bond motifs is 1. The highest BCUT2D eigenvalue weighted by atomic mass is 16.5. The minimum atomic E-state index is -0.104. The number of hydrogen-bond acceptors (Lipinski definition) is 7. The third-order valence-electron chi connectivity index (χ3n) is 5.10. The highest BCUT2D eigenvalue weighted by Crippen LogP contribution is 2.31. The van der Waals surface area contributed by atoms with Gasteiger partial charge in [0, 0.05) is 5.56 Å². The van der Waals surface area contributed by atoms with E-state index in [4.69, 9.17) is 14.0 Å². The van der Waals surface area contributed by atoms with E-state index < -0.39 is 0 Å². The highest BCUT2D eigenvalue weighted by molar-refractivity contribution is 5.62. The van der Waals surface area contributed by atoms with Crippen LogP contribution in [0.25, 0.3) is 23.0 Å². The van der Waals surface area contributed by atoms with Crippen LogP contribution in [-0.4, -0.2) is 32.2 Å². The van der Waals surface area contributed by atoms with Gasteiger partial charge in [0.1, 0.15) is 11.9 Å². The van der Waals surface area contributed by atoms with Gasteiger partial charge < -0.3 is 14.0 Å². The number of nitrogens with zero attached hydrogens (tertiary/aromatic N) is 5. The van der Waals surface area contributed by atoms with E-state index in [1.807, 2.05) is 60.1 Å². The van der Waals surface area contributed by atoms with E-state index in [2.05, 4.69) is 20.5 Å². The van der Waals surface area contributed by atoms with Crippen LogP contribution in [0.2, 0.25) is 0 Å². The number of hydrogen-bond donors (Lipinski definition) is 0. The maximum Gasteiger partial charge on any atom is 0.280 e. The Hall–Kier alpha value is -3.52. The monoisotopic (exact) mass is 389 g/mol. The van der Waals surface area contributed by atoms with Crippen LogP contribution in [0.5, 0.6) is 5.75 Å². The second-order valence-electron chi connectivity index (χ2n) is 6.88. The molecule has 2 aromatic heterocycles. The molecule has 8 nitrogen and oxygen atoms in total. The summed E-state index contributed by atoms with van der Waals surface area (Å²) in [6, 6.07) is 15.8. The van der Waals surface area contributed by atoms with Gasteiger partial charge in [-0.05, 0) is 30.2 Å². The summed E-state index contributed by atoms with van der Waals surface area (Å²) in [5.74, 6) is 1.69. The van der Waals surface area contributed by atoms with Crippen LogP contribution in [0.1, 0.15) is 22.9 Å². The van der Waals surface area contributed by atoms with Crippen molar-refractivity contribution in [2.75, 3.05) is 7.11 Å². The van der Waals surface area contributed by atoms with Crippen LogP contribution in [0, 0.1) is 6.92 Å². The van der Waals surface area contributed by atoms with E-state index in [0.29, 0.717) is 30.6 Å². The topological polar surface area (TPSA) is 88.1 Å². The summed E-state index contributed by atoms with van der Waals surface area (Å²) in [4.78, 5) is 4.53. The molecule has 0 bridgehead atoms. The second-order valence-corrected chi connectivity index (χ2v) is 6.88. The van der Waals surface area contributed by atoms with Crippen LogP contribution >= 0.6 is 0 Å². The van der Waals surface area contributed by atoms with Gasteiger partial charge in [0.15, 0.2) is 5.69 Å². The lowest BCUT2D eigenvalue weighted by Crippen LogP contribution is -2.22. The summed E-state index contributed by atoms with van der Waals surface area (Å²) in [5, 5.41) is 12.7. The first-order valence-electron chi connectivity index (χ1n) is 9.31. The fourth-order valence-corrected chi connectivity index (χ4v) is 3.45. The maximum absolute atomic E-state index is 6.06. The minimum absolute atomic E-state index is 0.104. The van der Waals surface area contributed by atoms with Crippen molar-refractivity contribution in [2.24, 2.45) is 0 Å². The molecule has 0 amide bonds. The predicted molar refractivity (Wildman–Crippen MR) is 104 cm³/mol. The smallest absolute Gasteiger partial charge is 0.280 e. The van der Waals surface area contributed by atoms with E-state index in [0.717, 1.165) is 28.1 Å². The SMILES string of the molecule is COc1ccc([C@@H]2Cn3nnc(-c4nc(-c5ccccc5C)no4)c3CO2)cc1. The third-order valence-corrected chi connectivity index (χ3v) is 5.10. The first kappa shape index (κ1) is 17.6. The van der Waals surface area contributed by atoms with Crippen molar-refractivity contribution in [2.45, 2.75) is 26.2 Å². The Morgan fingerprint density at radius 2 is 1.93 bits per heavy atom. The summed E-state index contributed by atoms with van der Waals surface area (Å²) >= 11 is 0. The number of ether oxygens (including phenoxy) is 2. The molecule has 0 spiro atoms. The molecular weight excluding hydrogens is 370 g/mol. The molecule has 0 N–H and O–H groups in total. The Morgan fingerprint density at radius 3 is 2.72 bits per heavy atom. The lowest BCUT2D eigenvalue weighted by Gasteiger charge is -2.24. The summed E-state index contributed by atoms with van der Waals surface area (Å²) < 4.78 is 18.6. The first-order chi connectivity index (χ1) is 14.2. The largest absolute Gasteiger partial charge is 0.497 e. The number of benzene rings is 2. The van der Waals surface area contributed by atoms with Crippen molar-refractivity contribution in [3.63, 3.8) is 0 Å². The van der Waals surface area contributed by atoms with Gasteiger partial charge in [0.05, 0.1) is 26.0 Å². The van der Waals surface area contributed by atoms with Crippen molar-refractivity contribution in [3.05, 3.63) is 65.4 Å². The van der Waals surface area contributed by atoms with E-state index >= 15 is 0 Å². The number of aromatic nitrogens is 5. The third kappa shape index (κ3) is 3.17. The zero-order valence-corrected chi connectivity index (χ0v) is 16.1. The molecule has 5 rings (SSSR count). The van der Waals surface area contributed by atoms with Crippen molar-refractivity contribution in [3.8, 4) is 28.7 Å². The van der Waals surface area contributed by atoms with E-state index in [1.165, 1.54) is 0 Å². The molecule has 0 saturated carbocycles. The Kier molecular flexibility index (Phi) is 4.33. The Morgan fingerprint density at radius 1 is 1.10 bits per heavy atom. The van der Waals surface area contributed by atoms with E-state index in [1.54, 1.807) is 7.11 Å². The number of rotatable bonds is 4. The molecule has 0 aliphatic carbocycles. The molecule has 8 heteroatoms. The number of aryl methyl sites for hydroxylation is 1. The molecule has 3 heterocycles. The predicted octanol–water partition coefficient (Wildman–Crippen LogP) is 3.58. The van der Waals surface area contributed by atoms with Crippen molar-refractivity contribution in [1.29, 1.82) is 0 Å². The van der Waals surface area contributed by atoms with Crippen molar-refractivity contribution >= 4 is 0 Å². The number of methoxy groups -OCH3 is 1. The van der Waals surface area contributed by atoms with Gasteiger partial charge in [-0.1, -0.05) is 46.8 Å². The maximum atomic E-state index is 6.06. The van der Waals surface area contributed by atoms with Gasteiger partial charge in [0.25, 0.3) is 5.89 Å².